The summed E-state index contributed by atoms with van der Waals surface area (Å²) in [7, 11) is 0. The van der Waals surface area contributed by atoms with E-state index in [4.69, 9.17) is 0 Å². The Morgan fingerprint density at radius 2 is 2.07 bits per heavy atom. The number of aliphatic hydroxyl groups excluding tert-OH is 2. The maximum atomic E-state index is 9.70. The topological polar surface area (TPSA) is 53.4 Å². The van der Waals surface area contributed by atoms with Crippen molar-refractivity contribution in [3.8, 4) is 0 Å². The quantitative estimate of drug-likeness (QED) is 0.657. The van der Waals surface area contributed by atoms with Crippen molar-refractivity contribution in [2.45, 2.75) is 26.1 Å². The molecule has 0 bridgehead atoms. The molecule has 1 heterocycles. The standard InChI is InChI=1S/C10H15NO2S/c1-6-3-7(2)9(11-4-6)10(13)8(12)5-14/h3-4,8,10,12-14H,5H2,1-2H3. The van der Waals surface area contributed by atoms with Gasteiger partial charge in [0.1, 0.15) is 6.10 Å². The molecule has 1 aromatic heterocycles. The van der Waals surface area contributed by atoms with Gasteiger partial charge in [0, 0.05) is 11.9 Å². The number of pyridine rings is 1. The zero-order chi connectivity index (χ0) is 10.7. The van der Waals surface area contributed by atoms with Gasteiger partial charge in [0.25, 0.3) is 0 Å². The molecule has 0 fully saturated rings. The highest BCUT2D eigenvalue weighted by molar-refractivity contribution is 7.80. The van der Waals surface area contributed by atoms with Gasteiger partial charge in [-0.1, -0.05) is 6.07 Å². The second-order valence-electron chi connectivity index (χ2n) is 3.41. The first kappa shape index (κ1) is 11.5. The first-order valence-corrected chi connectivity index (χ1v) is 5.09. The van der Waals surface area contributed by atoms with Crippen LogP contribution in [-0.2, 0) is 0 Å². The predicted octanol–water partition coefficient (Wildman–Crippen LogP) is 1.02. The molecule has 0 aliphatic heterocycles. The highest BCUT2D eigenvalue weighted by Crippen LogP contribution is 2.19. The Bertz CT molecular complexity index is 317. The molecule has 0 saturated carbocycles. The molecule has 0 aromatic carbocycles. The molecule has 0 amide bonds. The van der Waals surface area contributed by atoms with Gasteiger partial charge in [0.2, 0.25) is 0 Å². The maximum absolute atomic E-state index is 9.70. The largest absolute Gasteiger partial charge is 0.389 e. The van der Waals surface area contributed by atoms with Crippen molar-refractivity contribution in [3.63, 3.8) is 0 Å². The van der Waals surface area contributed by atoms with Crippen LogP contribution in [0.1, 0.15) is 22.9 Å². The number of thiol groups is 1. The van der Waals surface area contributed by atoms with Crippen LogP contribution in [0.5, 0.6) is 0 Å². The van der Waals surface area contributed by atoms with Gasteiger partial charge >= 0.3 is 0 Å². The second kappa shape index (κ2) is 4.77. The van der Waals surface area contributed by atoms with Gasteiger partial charge in [-0.3, -0.25) is 4.98 Å². The molecule has 0 aliphatic carbocycles. The number of hydrogen-bond acceptors (Lipinski definition) is 4. The summed E-state index contributed by atoms with van der Waals surface area (Å²) in [5.41, 5.74) is 2.45. The Hall–Kier alpha value is -0.580. The minimum Gasteiger partial charge on any atom is -0.389 e. The highest BCUT2D eigenvalue weighted by atomic mass is 32.1. The molecule has 0 aliphatic rings. The van der Waals surface area contributed by atoms with Crippen LogP contribution in [-0.4, -0.2) is 27.1 Å². The van der Waals surface area contributed by atoms with Crippen molar-refractivity contribution in [1.29, 1.82) is 0 Å². The van der Waals surface area contributed by atoms with Crippen molar-refractivity contribution < 1.29 is 10.2 Å². The molecule has 1 aromatic rings. The number of hydrogen-bond donors (Lipinski definition) is 3. The summed E-state index contributed by atoms with van der Waals surface area (Å²) in [6.45, 7) is 3.80. The van der Waals surface area contributed by atoms with Crippen molar-refractivity contribution in [1.82, 2.24) is 4.98 Å². The molecule has 2 N–H and O–H groups in total. The molecular formula is C10H15NO2S. The van der Waals surface area contributed by atoms with Crippen molar-refractivity contribution >= 4 is 12.6 Å². The lowest BCUT2D eigenvalue weighted by atomic mass is 10.1. The Morgan fingerprint density at radius 3 is 2.57 bits per heavy atom. The number of aryl methyl sites for hydroxylation is 2. The van der Waals surface area contributed by atoms with Crippen molar-refractivity contribution in [3.05, 3.63) is 29.1 Å². The molecule has 1 rings (SSSR count). The van der Waals surface area contributed by atoms with E-state index in [0.29, 0.717) is 5.69 Å². The molecule has 2 unspecified atom stereocenters. The summed E-state index contributed by atoms with van der Waals surface area (Å²) in [5, 5.41) is 19.1. The monoisotopic (exact) mass is 213 g/mol. The maximum Gasteiger partial charge on any atom is 0.123 e. The zero-order valence-electron chi connectivity index (χ0n) is 8.31. The van der Waals surface area contributed by atoms with Gasteiger partial charge in [-0.15, -0.1) is 0 Å². The van der Waals surface area contributed by atoms with Gasteiger partial charge in [0.05, 0.1) is 11.8 Å². The van der Waals surface area contributed by atoms with E-state index in [2.05, 4.69) is 17.6 Å². The second-order valence-corrected chi connectivity index (χ2v) is 3.77. The van der Waals surface area contributed by atoms with Crippen LogP contribution >= 0.6 is 12.6 Å². The van der Waals surface area contributed by atoms with Gasteiger partial charge in [-0.25, -0.2) is 0 Å². The van der Waals surface area contributed by atoms with Gasteiger partial charge in [-0.2, -0.15) is 12.6 Å². The Morgan fingerprint density at radius 1 is 1.43 bits per heavy atom. The lowest BCUT2D eigenvalue weighted by Crippen LogP contribution is -2.21. The van der Waals surface area contributed by atoms with Crippen molar-refractivity contribution in [2.75, 3.05) is 5.75 Å². The average molecular weight is 213 g/mol. The summed E-state index contributed by atoms with van der Waals surface area (Å²) >= 11 is 3.92. The van der Waals surface area contributed by atoms with Crippen LogP contribution in [0.25, 0.3) is 0 Å². The van der Waals surface area contributed by atoms with E-state index in [1.807, 2.05) is 19.9 Å². The Balaban J connectivity index is 2.95. The smallest absolute Gasteiger partial charge is 0.123 e. The molecule has 78 valence electrons. The fourth-order valence-corrected chi connectivity index (χ4v) is 1.52. The Labute approximate surface area is 89.2 Å². The van der Waals surface area contributed by atoms with Crippen LogP contribution in [0, 0.1) is 13.8 Å². The van der Waals surface area contributed by atoms with Gasteiger partial charge in [-0.05, 0) is 25.0 Å². The number of nitrogens with zero attached hydrogens (tertiary/aromatic N) is 1. The number of rotatable bonds is 3. The van der Waals surface area contributed by atoms with E-state index in [0.717, 1.165) is 11.1 Å². The van der Waals surface area contributed by atoms with E-state index >= 15 is 0 Å². The van der Waals surface area contributed by atoms with Crippen LogP contribution < -0.4 is 0 Å². The summed E-state index contributed by atoms with van der Waals surface area (Å²) in [6, 6.07) is 1.93. The molecule has 14 heavy (non-hydrogen) atoms. The molecule has 4 heteroatoms. The average Bonchev–Trinajstić information content (AvgIpc) is 2.15. The minimum atomic E-state index is -0.951. The van der Waals surface area contributed by atoms with E-state index in [9.17, 15) is 10.2 Å². The summed E-state index contributed by atoms with van der Waals surface area (Å²) in [5.74, 6) is 0.218. The third-order valence-corrected chi connectivity index (χ3v) is 2.46. The predicted molar refractivity (Wildman–Crippen MR) is 58.5 cm³/mol. The summed E-state index contributed by atoms with van der Waals surface area (Å²) in [4.78, 5) is 4.10. The van der Waals surface area contributed by atoms with E-state index in [-0.39, 0.29) is 5.75 Å². The zero-order valence-corrected chi connectivity index (χ0v) is 9.20. The molecule has 0 spiro atoms. The van der Waals surface area contributed by atoms with Crippen molar-refractivity contribution in [2.24, 2.45) is 0 Å². The number of aromatic nitrogens is 1. The van der Waals surface area contributed by atoms with Crippen LogP contribution in [0.15, 0.2) is 12.3 Å². The summed E-state index contributed by atoms with van der Waals surface area (Å²) in [6.07, 6.45) is -0.142. The lowest BCUT2D eigenvalue weighted by molar-refractivity contribution is 0.0306. The lowest BCUT2D eigenvalue weighted by Gasteiger charge is -2.17. The molecular weight excluding hydrogens is 198 g/mol. The normalized spacial score (nSPS) is 15.2. The van der Waals surface area contributed by atoms with Crippen LogP contribution in [0.2, 0.25) is 0 Å². The van der Waals surface area contributed by atoms with E-state index < -0.39 is 12.2 Å². The van der Waals surface area contributed by atoms with Gasteiger partial charge in [0.15, 0.2) is 0 Å². The fraction of sp³-hybridized carbons (Fsp3) is 0.500. The highest BCUT2D eigenvalue weighted by Gasteiger charge is 2.19. The first-order valence-electron chi connectivity index (χ1n) is 4.46. The van der Waals surface area contributed by atoms with E-state index in [1.54, 1.807) is 6.20 Å². The minimum absolute atomic E-state index is 0.218. The third-order valence-electron chi connectivity index (χ3n) is 2.09. The van der Waals surface area contributed by atoms with Crippen LogP contribution in [0.4, 0.5) is 0 Å². The molecule has 2 atom stereocenters. The fourth-order valence-electron chi connectivity index (χ4n) is 1.32. The molecule has 0 saturated heterocycles. The molecule has 3 nitrogen and oxygen atoms in total. The number of aliphatic hydroxyl groups is 2. The molecule has 0 radical (unpaired) electrons. The Kier molecular flexibility index (Phi) is 3.92. The SMILES string of the molecule is Cc1cnc(C(O)C(O)CS)c(C)c1. The van der Waals surface area contributed by atoms with E-state index in [1.165, 1.54) is 0 Å². The van der Waals surface area contributed by atoms with Crippen LogP contribution in [0.3, 0.4) is 0 Å². The first-order chi connectivity index (χ1) is 6.56. The summed E-state index contributed by atoms with van der Waals surface area (Å²) < 4.78 is 0. The third kappa shape index (κ3) is 2.47. The van der Waals surface area contributed by atoms with Gasteiger partial charge < -0.3 is 10.2 Å².